The fraction of sp³-hybridized carbons (Fsp3) is 0.200. The number of rotatable bonds is 2. The normalized spacial score (nSPS) is 10.3. The van der Waals surface area contributed by atoms with Crippen molar-refractivity contribution in [3.8, 4) is 5.75 Å². The van der Waals surface area contributed by atoms with Crippen LogP contribution in [0.1, 0.15) is 27.0 Å². The van der Waals surface area contributed by atoms with E-state index in [4.69, 9.17) is 4.74 Å². The summed E-state index contributed by atoms with van der Waals surface area (Å²) in [6, 6.07) is 6.37. The Labute approximate surface area is 111 Å². The van der Waals surface area contributed by atoms with E-state index in [1.807, 2.05) is 32.9 Å². The second-order valence-corrected chi connectivity index (χ2v) is 4.49. The van der Waals surface area contributed by atoms with Crippen molar-refractivity contribution in [3.05, 3.63) is 58.7 Å². The topological polar surface area (TPSA) is 39.2 Å². The highest BCUT2D eigenvalue weighted by atomic mass is 19.1. The quantitative estimate of drug-likeness (QED) is 0.471. The zero-order valence-corrected chi connectivity index (χ0v) is 11.0. The van der Waals surface area contributed by atoms with E-state index in [2.05, 4.69) is 4.98 Å². The van der Waals surface area contributed by atoms with Gasteiger partial charge in [0.25, 0.3) is 0 Å². The van der Waals surface area contributed by atoms with Crippen LogP contribution >= 0.6 is 0 Å². The molecule has 1 aromatic carbocycles. The fourth-order valence-electron chi connectivity index (χ4n) is 1.98. The number of aromatic nitrogens is 1. The van der Waals surface area contributed by atoms with Gasteiger partial charge in [0.1, 0.15) is 5.75 Å². The Balaban J connectivity index is 2.26. The molecule has 0 aliphatic heterocycles. The van der Waals surface area contributed by atoms with Gasteiger partial charge in [0.05, 0.1) is 5.56 Å². The van der Waals surface area contributed by atoms with Crippen molar-refractivity contribution >= 4 is 5.97 Å². The summed E-state index contributed by atoms with van der Waals surface area (Å²) in [7, 11) is 0. The number of benzene rings is 1. The van der Waals surface area contributed by atoms with Crippen molar-refractivity contribution in [1.82, 2.24) is 4.98 Å². The number of nitrogens with zero attached hydrogens (tertiary/aromatic N) is 1. The summed E-state index contributed by atoms with van der Waals surface area (Å²) in [6.45, 7) is 5.74. The number of ether oxygens (including phenoxy) is 1. The van der Waals surface area contributed by atoms with Crippen LogP contribution in [-0.4, -0.2) is 11.0 Å². The molecule has 0 fully saturated rings. The lowest BCUT2D eigenvalue weighted by molar-refractivity contribution is 0.0731. The number of aryl methyl sites for hydroxylation is 3. The highest BCUT2D eigenvalue weighted by molar-refractivity contribution is 5.91. The summed E-state index contributed by atoms with van der Waals surface area (Å²) in [6.07, 6.45) is 1.16. The molecule has 4 heteroatoms. The average Bonchev–Trinajstić information content (AvgIpc) is 2.34. The molecule has 98 valence electrons. The number of hydrogen-bond donors (Lipinski definition) is 0. The molecule has 1 heterocycles. The largest absolute Gasteiger partial charge is 0.422 e. The molecule has 1 aromatic heterocycles. The van der Waals surface area contributed by atoms with Gasteiger partial charge in [-0.25, -0.2) is 9.78 Å². The van der Waals surface area contributed by atoms with Crippen LogP contribution in [-0.2, 0) is 0 Å². The van der Waals surface area contributed by atoms with Crippen molar-refractivity contribution in [2.75, 3.05) is 0 Å². The molecule has 0 radical (unpaired) electrons. The van der Waals surface area contributed by atoms with E-state index in [1.54, 1.807) is 0 Å². The lowest BCUT2D eigenvalue weighted by atomic mass is 10.1. The van der Waals surface area contributed by atoms with Crippen LogP contribution in [0.5, 0.6) is 5.75 Å². The first-order chi connectivity index (χ1) is 8.97. The van der Waals surface area contributed by atoms with Gasteiger partial charge in [-0.05, 0) is 44.0 Å². The van der Waals surface area contributed by atoms with E-state index in [0.29, 0.717) is 5.75 Å². The molecule has 0 N–H and O–H groups in total. The van der Waals surface area contributed by atoms with Gasteiger partial charge in [0, 0.05) is 6.20 Å². The maximum absolute atomic E-state index is 12.7. The van der Waals surface area contributed by atoms with E-state index in [-0.39, 0.29) is 5.56 Å². The summed E-state index contributed by atoms with van der Waals surface area (Å²) < 4.78 is 18.0. The maximum atomic E-state index is 12.7. The minimum absolute atomic E-state index is 0.223. The number of halogens is 1. The van der Waals surface area contributed by atoms with Crippen LogP contribution in [0.25, 0.3) is 0 Å². The minimum atomic E-state index is -0.626. The van der Waals surface area contributed by atoms with Crippen molar-refractivity contribution in [2.45, 2.75) is 20.8 Å². The first-order valence-electron chi connectivity index (χ1n) is 5.89. The third-order valence-corrected chi connectivity index (χ3v) is 2.76. The lowest BCUT2D eigenvalue weighted by Gasteiger charge is -2.11. The Bertz CT molecular complexity index is 598. The second kappa shape index (κ2) is 5.18. The monoisotopic (exact) mass is 259 g/mol. The lowest BCUT2D eigenvalue weighted by Crippen LogP contribution is -2.11. The van der Waals surface area contributed by atoms with Gasteiger partial charge in [0.2, 0.25) is 5.95 Å². The molecule has 0 spiro atoms. The van der Waals surface area contributed by atoms with Crippen LogP contribution in [0, 0.1) is 26.7 Å². The molecular weight excluding hydrogens is 245 g/mol. The molecule has 0 amide bonds. The highest BCUT2D eigenvalue weighted by Crippen LogP contribution is 2.25. The highest BCUT2D eigenvalue weighted by Gasteiger charge is 2.13. The van der Waals surface area contributed by atoms with E-state index in [1.165, 1.54) is 6.07 Å². The standard InChI is InChI=1S/C15H14FNO2/c1-9-6-10(2)14(11(3)7-9)19-15(18)12-4-5-13(16)17-8-12/h4-8H,1-3H3. The maximum Gasteiger partial charge on any atom is 0.345 e. The Kier molecular flexibility index (Phi) is 3.60. The summed E-state index contributed by atoms with van der Waals surface area (Å²) in [5.41, 5.74) is 3.11. The van der Waals surface area contributed by atoms with E-state index in [9.17, 15) is 9.18 Å². The summed E-state index contributed by atoms with van der Waals surface area (Å²) in [5, 5.41) is 0. The molecule has 0 unspecified atom stereocenters. The number of pyridine rings is 1. The van der Waals surface area contributed by atoms with Crippen molar-refractivity contribution in [3.63, 3.8) is 0 Å². The fourth-order valence-corrected chi connectivity index (χ4v) is 1.98. The third kappa shape index (κ3) is 2.96. The molecule has 3 nitrogen and oxygen atoms in total. The first-order valence-corrected chi connectivity index (χ1v) is 5.89. The molecule has 19 heavy (non-hydrogen) atoms. The minimum Gasteiger partial charge on any atom is -0.422 e. The summed E-state index contributed by atoms with van der Waals surface area (Å²) in [4.78, 5) is 15.4. The van der Waals surface area contributed by atoms with Crippen LogP contribution in [0.2, 0.25) is 0 Å². The van der Waals surface area contributed by atoms with E-state index in [0.717, 1.165) is 29.0 Å². The van der Waals surface area contributed by atoms with Gasteiger partial charge < -0.3 is 4.74 Å². The zero-order chi connectivity index (χ0) is 14.0. The number of esters is 1. The Morgan fingerprint density at radius 1 is 1.16 bits per heavy atom. The van der Waals surface area contributed by atoms with Crippen LogP contribution in [0.15, 0.2) is 30.5 Å². The zero-order valence-electron chi connectivity index (χ0n) is 11.0. The smallest absolute Gasteiger partial charge is 0.345 e. The summed E-state index contributed by atoms with van der Waals surface area (Å²) >= 11 is 0. The molecule has 0 saturated carbocycles. The molecular formula is C15H14FNO2. The second-order valence-electron chi connectivity index (χ2n) is 4.49. The van der Waals surface area contributed by atoms with Crippen molar-refractivity contribution in [1.29, 1.82) is 0 Å². The van der Waals surface area contributed by atoms with Crippen molar-refractivity contribution in [2.24, 2.45) is 0 Å². The van der Waals surface area contributed by atoms with Gasteiger partial charge in [0.15, 0.2) is 0 Å². The van der Waals surface area contributed by atoms with Crippen molar-refractivity contribution < 1.29 is 13.9 Å². The van der Waals surface area contributed by atoms with Gasteiger partial charge >= 0.3 is 5.97 Å². The predicted molar refractivity (Wildman–Crippen MR) is 69.8 cm³/mol. The molecule has 0 aliphatic carbocycles. The van der Waals surface area contributed by atoms with Gasteiger partial charge in [-0.15, -0.1) is 0 Å². The van der Waals surface area contributed by atoms with E-state index >= 15 is 0 Å². The number of carbonyl (C=O) groups excluding carboxylic acids is 1. The Hall–Kier alpha value is -2.23. The molecule has 2 rings (SSSR count). The predicted octanol–water partition coefficient (Wildman–Crippen LogP) is 3.37. The molecule has 2 aromatic rings. The Morgan fingerprint density at radius 2 is 1.79 bits per heavy atom. The van der Waals surface area contributed by atoms with Gasteiger partial charge in [-0.2, -0.15) is 4.39 Å². The van der Waals surface area contributed by atoms with Crippen LogP contribution < -0.4 is 4.74 Å². The Morgan fingerprint density at radius 3 is 2.32 bits per heavy atom. The van der Waals surface area contributed by atoms with E-state index < -0.39 is 11.9 Å². The molecule has 0 saturated heterocycles. The molecule has 0 bridgehead atoms. The first kappa shape index (κ1) is 13.2. The molecule has 0 aliphatic rings. The SMILES string of the molecule is Cc1cc(C)c(OC(=O)c2ccc(F)nc2)c(C)c1. The molecule has 0 atom stereocenters. The van der Waals surface area contributed by atoms with Gasteiger partial charge in [-0.1, -0.05) is 17.7 Å². The third-order valence-electron chi connectivity index (χ3n) is 2.76. The number of hydrogen-bond acceptors (Lipinski definition) is 3. The van der Waals surface area contributed by atoms with Gasteiger partial charge in [-0.3, -0.25) is 0 Å². The van der Waals surface area contributed by atoms with Crippen LogP contribution in [0.3, 0.4) is 0 Å². The average molecular weight is 259 g/mol. The number of carbonyl (C=O) groups is 1. The van der Waals surface area contributed by atoms with Crippen LogP contribution in [0.4, 0.5) is 4.39 Å². The summed E-state index contributed by atoms with van der Waals surface area (Å²) in [5.74, 6) is -0.623.